The highest BCUT2D eigenvalue weighted by Gasteiger charge is 2.21. The molecule has 0 N–H and O–H groups in total. The summed E-state index contributed by atoms with van der Waals surface area (Å²) in [5.74, 6) is 0. The van der Waals surface area contributed by atoms with E-state index in [1.54, 1.807) is 0 Å². The monoisotopic (exact) mass is 487 g/mol. The molecule has 0 aliphatic carbocycles. The van der Waals surface area contributed by atoms with E-state index in [0.29, 0.717) is 5.69 Å². The molecular formula is C34H37N3. The molecule has 3 nitrogen and oxygen atoms in total. The molecule has 4 aromatic rings. The van der Waals surface area contributed by atoms with Crippen molar-refractivity contribution in [2.24, 2.45) is 0 Å². The van der Waals surface area contributed by atoms with Gasteiger partial charge >= 0.3 is 0 Å². The molecule has 3 heteroatoms. The van der Waals surface area contributed by atoms with Gasteiger partial charge in [0.05, 0.1) is 29.9 Å². The largest absolute Gasteiger partial charge is 0.252 e. The highest BCUT2D eigenvalue weighted by atomic mass is 14.8. The van der Waals surface area contributed by atoms with Crippen LogP contribution in [0, 0.1) is 27.3 Å². The minimum Gasteiger partial charge on any atom is -0.252 e. The summed E-state index contributed by atoms with van der Waals surface area (Å²) >= 11 is 0. The van der Waals surface area contributed by atoms with Crippen LogP contribution in [0.5, 0.6) is 0 Å². The third kappa shape index (κ3) is 5.49. The SMILES string of the molecule is [C-]#[N+]c1cccc(-c2cnc(-c3cc(C)cc(C(C)(C)C)c3)c(-c3cc(C)cc(C(C)(C)C)c3)n2)c1C. The molecule has 0 bridgehead atoms. The standard InChI is InChI=1S/C34H37N3/c1-21-14-24(18-26(16-21)33(4,5)6)31-32(25-15-22(2)17-27(19-25)34(7,8)9)37-30(20-36-31)28-12-11-13-29(35-10)23(28)3/h11-20H,1-9H3. The fourth-order valence-corrected chi connectivity index (χ4v) is 4.66. The molecule has 37 heavy (non-hydrogen) atoms. The molecule has 0 radical (unpaired) electrons. The van der Waals surface area contributed by atoms with E-state index in [1.807, 2.05) is 31.3 Å². The minimum absolute atomic E-state index is 0.00919. The molecule has 0 spiro atoms. The van der Waals surface area contributed by atoms with Gasteiger partial charge in [-0.1, -0.05) is 83.0 Å². The highest BCUT2D eigenvalue weighted by molar-refractivity contribution is 5.82. The third-order valence-corrected chi connectivity index (χ3v) is 6.91. The summed E-state index contributed by atoms with van der Waals surface area (Å²) in [5.41, 5.74) is 12.2. The lowest BCUT2D eigenvalue weighted by Gasteiger charge is -2.23. The topological polar surface area (TPSA) is 30.1 Å². The molecule has 4 rings (SSSR count). The summed E-state index contributed by atoms with van der Waals surface area (Å²) in [4.78, 5) is 14.0. The van der Waals surface area contributed by atoms with Crippen molar-refractivity contribution in [3.63, 3.8) is 0 Å². The lowest BCUT2D eigenvalue weighted by Crippen LogP contribution is -2.12. The van der Waals surface area contributed by atoms with Gasteiger partial charge in [0.25, 0.3) is 0 Å². The first-order valence-corrected chi connectivity index (χ1v) is 12.9. The lowest BCUT2D eigenvalue weighted by atomic mass is 9.83. The number of hydrogen-bond acceptors (Lipinski definition) is 2. The van der Waals surface area contributed by atoms with Crippen LogP contribution in [0.4, 0.5) is 5.69 Å². The van der Waals surface area contributed by atoms with Gasteiger partial charge in [-0.3, -0.25) is 4.98 Å². The zero-order chi connectivity index (χ0) is 27.1. The molecule has 0 unspecified atom stereocenters. The Bertz CT molecular complexity index is 1520. The Morgan fingerprint density at radius 1 is 0.703 bits per heavy atom. The van der Waals surface area contributed by atoms with Crippen LogP contribution in [0.2, 0.25) is 0 Å². The van der Waals surface area contributed by atoms with E-state index in [9.17, 15) is 0 Å². The van der Waals surface area contributed by atoms with Gasteiger partial charge in [-0.15, -0.1) is 0 Å². The number of aromatic nitrogens is 2. The molecule has 0 fully saturated rings. The molecule has 0 aliphatic rings. The van der Waals surface area contributed by atoms with Crippen LogP contribution in [0.1, 0.15) is 69.4 Å². The van der Waals surface area contributed by atoms with Gasteiger partial charge < -0.3 is 0 Å². The number of benzene rings is 3. The van der Waals surface area contributed by atoms with Crippen LogP contribution in [-0.2, 0) is 10.8 Å². The number of hydrogen-bond donors (Lipinski definition) is 0. The van der Waals surface area contributed by atoms with Crippen molar-refractivity contribution in [2.75, 3.05) is 0 Å². The Morgan fingerprint density at radius 3 is 1.76 bits per heavy atom. The normalized spacial score (nSPS) is 11.9. The Labute approximate surface area is 222 Å². The second-order valence-corrected chi connectivity index (χ2v) is 12.2. The van der Waals surface area contributed by atoms with Crippen LogP contribution < -0.4 is 0 Å². The van der Waals surface area contributed by atoms with E-state index >= 15 is 0 Å². The summed E-state index contributed by atoms with van der Waals surface area (Å²) in [6, 6.07) is 19.2. The van der Waals surface area contributed by atoms with Crippen LogP contribution in [-0.4, -0.2) is 9.97 Å². The van der Waals surface area contributed by atoms with Crippen molar-refractivity contribution < 1.29 is 0 Å². The number of aryl methyl sites for hydroxylation is 2. The number of rotatable bonds is 3. The molecule has 0 atom stereocenters. The average molecular weight is 488 g/mol. The molecule has 3 aromatic carbocycles. The van der Waals surface area contributed by atoms with Gasteiger partial charge in [-0.2, -0.15) is 0 Å². The second-order valence-electron chi connectivity index (χ2n) is 12.2. The maximum Gasteiger partial charge on any atom is 0.190 e. The van der Waals surface area contributed by atoms with Crippen molar-refractivity contribution in [1.82, 2.24) is 9.97 Å². The molecule has 0 saturated carbocycles. The number of nitrogens with zero attached hydrogens (tertiary/aromatic N) is 3. The maximum absolute atomic E-state index is 7.55. The van der Waals surface area contributed by atoms with Gasteiger partial charge in [-0.05, 0) is 78.1 Å². The van der Waals surface area contributed by atoms with Crippen molar-refractivity contribution in [1.29, 1.82) is 0 Å². The zero-order valence-corrected chi connectivity index (χ0v) is 23.6. The minimum atomic E-state index is 0.00919. The van der Waals surface area contributed by atoms with E-state index < -0.39 is 0 Å². The van der Waals surface area contributed by atoms with Crippen LogP contribution in [0.3, 0.4) is 0 Å². The van der Waals surface area contributed by atoms with Crippen molar-refractivity contribution in [2.45, 2.75) is 73.1 Å². The van der Waals surface area contributed by atoms with E-state index in [-0.39, 0.29) is 10.8 Å². The molecule has 1 aromatic heterocycles. The Kier molecular flexibility index (Phi) is 6.82. The van der Waals surface area contributed by atoms with Crippen molar-refractivity contribution in [3.8, 4) is 33.8 Å². The first-order valence-electron chi connectivity index (χ1n) is 12.9. The first kappa shape index (κ1) is 26.3. The van der Waals surface area contributed by atoms with E-state index in [1.165, 1.54) is 22.3 Å². The highest BCUT2D eigenvalue weighted by Crippen LogP contribution is 2.37. The van der Waals surface area contributed by atoms with E-state index in [4.69, 9.17) is 16.5 Å². The third-order valence-electron chi connectivity index (χ3n) is 6.91. The fourth-order valence-electron chi connectivity index (χ4n) is 4.66. The zero-order valence-electron chi connectivity index (χ0n) is 23.6. The summed E-state index contributed by atoms with van der Waals surface area (Å²) in [6.07, 6.45) is 1.86. The Morgan fingerprint density at radius 2 is 1.24 bits per heavy atom. The lowest BCUT2D eigenvalue weighted by molar-refractivity contribution is 0.589. The predicted octanol–water partition coefficient (Wildman–Crippen LogP) is 9.55. The smallest absolute Gasteiger partial charge is 0.190 e. The van der Waals surface area contributed by atoms with Crippen molar-refractivity contribution >= 4 is 5.69 Å². The predicted molar refractivity (Wildman–Crippen MR) is 156 cm³/mol. The molecule has 0 amide bonds. The van der Waals surface area contributed by atoms with Crippen LogP contribution in [0.15, 0.2) is 60.8 Å². The van der Waals surface area contributed by atoms with Gasteiger partial charge in [0.15, 0.2) is 5.69 Å². The summed E-state index contributed by atoms with van der Waals surface area (Å²) in [6.45, 7) is 27.3. The van der Waals surface area contributed by atoms with Crippen LogP contribution >= 0.6 is 0 Å². The first-order chi connectivity index (χ1) is 17.3. The molecule has 1 heterocycles. The average Bonchev–Trinajstić information content (AvgIpc) is 2.82. The quantitative estimate of drug-likeness (QED) is 0.269. The summed E-state index contributed by atoms with van der Waals surface area (Å²) in [7, 11) is 0. The Hall–Kier alpha value is -3.77. The van der Waals surface area contributed by atoms with Crippen LogP contribution in [0.25, 0.3) is 38.6 Å². The Balaban J connectivity index is 2.04. The van der Waals surface area contributed by atoms with E-state index in [2.05, 4.69) is 96.6 Å². The fraction of sp³-hybridized carbons (Fsp3) is 0.324. The van der Waals surface area contributed by atoms with E-state index in [0.717, 1.165) is 39.3 Å². The molecular weight excluding hydrogens is 450 g/mol. The molecule has 0 saturated heterocycles. The van der Waals surface area contributed by atoms with Crippen molar-refractivity contribution in [3.05, 3.63) is 100 Å². The summed E-state index contributed by atoms with van der Waals surface area (Å²) < 4.78 is 0. The molecule has 188 valence electrons. The van der Waals surface area contributed by atoms with Gasteiger partial charge in [0.1, 0.15) is 0 Å². The maximum atomic E-state index is 7.55. The van der Waals surface area contributed by atoms with Gasteiger partial charge in [-0.25, -0.2) is 9.83 Å². The van der Waals surface area contributed by atoms with Gasteiger partial charge in [0.2, 0.25) is 0 Å². The summed E-state index contributed by atoms with van der Waals surface area (Å²) in [5, 5.41) is 0. The molecule has 0 aliphatic heterocycles. The second kappa shape index (κ2) is 9.60. The van der Waals surface area contributed by atoms with Gasteiger partial charge in [0, 0.05) is 11.1 Å².